The van der Waals surface area contributed by atoms with Crippen molar-refractivity contribution in [1.29, 1.82) is 0 Å². The Bertz CT molecular complexity index is 791. The van der Waals surface area contributed by atoms with Crippen molar-refractivity contribution in [3.63, 3.8) is 0 Å². The molecule has 0 saturated carbocycles. The molecule has 1 saturated heterocycles. The third kappa shape index (κ3) is 1.95. The number of ketones is 2. The average Bonchev–Trinajstić information content (AvgIpc) is 2.90. The third-order valence-electron chi connectivity index (χ3n) is 4.47. The van der Waals surface area contributed by atoms with Gasteiger partial charge in [0.15, 0.2) is 11.5 Å². The van der Waals surface area contributed by atoms with Crippen molar-refractivity contribution in [1.82, 2.24) is 0 Å². The fraction of sp³-hybridized carbons (Fsp3) is 0.353. The lowest BCUT2D eigenvalue weighted by Crippen LogP contribution is -2.30. The fourth-order valence-electron chi connectivity index (χ4n) is 3.40. The molecule has 2 aliphatic heterocycles. The number of carbonyl (C=O) groups excluding carboxylic acids is 3. The van der Waals surface area contributed by atoms with E-state index < -0.39 is 12.1 Å². The molecule has 0 radical (unpaired) electrons. The van der Waals surface area contributed by atoms with Gasteiger partial charge < -0.3 is 14.2 Å². The van der Waals surface area contributed by atoms with Crippen LogP contribution in [0.15, 0.2) is 24.0 Å². The first-order valence-corrected chi connectivity index (χ1v) is 7.38. The Balaban J connectivity index is 1.89. The van der Waals surface area contributed by atoms with Crippen molar-refractivity contribution < 1.29 is 28.6 Å². The molecule has 118 valence electrons. The highest BCUT2D eigenvalue weighted by molar-refractivity contribution is 6.24. The van der Waals surface area contributed by atoms with Gasteiger partial charge in [0.2, 0.25) is 5.78 Å². The molecule has 0 unspecified atom stereocenters. The number of Topliss-reactive ketones (excluding diaryl/α,β-unsaturated/α-hetero) is 1. The molecule has 1 aliphatic carbocycles. The van der Waals surface area contributed by atoms with E-state index in [4.69, 9.17) is 14.2 Å². The van der Waals surface area contributed by atoms with Crippen molar-refractivity contribution in [3.05, 3.63) is 46.2 Å². The molecule has 2 heterocycles. The fourth-order valence-corrected chi connectivity index (χ4v) is 3.40. The van der Waals surface area contributed by atoms with Gasteiger partial charge in [-0.2, -0.15) is 0 Å². The van der Waals surface area contributed by atoms with Crippen molar-refractivity contribution >= 4 is 17.5 Å². The number of carbonyl (C=O) groups is 3. The summed E-state index contributed by atoms with van der Waals surface area (Å²) in [6.07, 6.45) is 0.967. The van der Waals surface area contributed by atoms with Crippen LogP contribution < -0.4 is 0 Å². The van der Waals surface area contributed by atoms with Gasteiger partial charge in [-0.3, -0.25) is 9.59 Å². The molecule has 1 aromatic carbocycles. The van der Waals surface area contributed by atoms with E-state index >= 15 is 0 Å². The van der Waals surface area contributed by atoms with Gasteiger partial charge in [-0.05, 0) is 24.6 Å². The standard InChI is InChI=1S/C17H14O6/c1-7-3-14-16(22-7)10-5-9-8(4-11(10)17(20)23-14)12(18)6-13(21-2)15(9)19/h4-7,14,16H,3H2,1-2H3/t7-,14-,16-/m0/s1. The zero-order valence-electron chi connectivity index (χ0n) is 12.6. The second-order valence-electron chi connectivity index (χ2n) is 5.94. The quantitative estimate of drug-likeness (QED) is 0.738. The van der Waals surface area contributed by atoms with E-state index in [1.807, 2.05) is 6.92 Å². The first-order valence-electron chi connectivity index (χ1n) is 7.38. The van der Waals surface area contributed by atoms with E-state index in [0.29, 0.717) is 12.0 Å². The van der Waals surface area contributed by atoms with Gasteiger partial charge in [0.1, 0.15) is 12.2 Å². The van der Waals surface area contributed by atoms with Crippen molar-refractivity contribution in [3.8, 4) is 0 Å². The number of allylic oxidation sites excluding steroid dienone is 2. The number of esters is 1. The lowest BCUT2D eigenvalue weighted by Gasteiger charge is -2.28. The molecule has 6 heteroatoms. The molecular formula is C17H14O6. The van der Waals surface area contributed by atoms with Gasteiger partial charge >= 0.3 is 5.97 Å². The molecule has 0 N–H and O–H groups in total. The molecule has 1 aromatic rings. The second kappa shape index (κ2) is 4.76. The Labute approximate surface area is 132 Å². The molecule has 0 bridgehead atoms. The van der Waals surface area contributed by atoms with Gasteiger partial charge in [-0.15, -0.1) is 0 Å². The monoisotopic (exact) mass is 314 g/mol. The normalized spacial score (nSPS) is 28.5. The van der Waals surface area contributed by atoms with E-state index in [-0.39, 0.29) is 46.2 Å². The molecule has 4 rings (SSSR count). The molecule has 3 atom stereocenters. The Kier molecular flexibility index (Phi) is 2.93. The van der Waals surface area contributed by atoms with Gasteiger partial charge in [0, 0.05) is 23.6 Å². The largest absolute Gasteiger partial charge is 0.492 e. The number of hydrogen-bond acceptors (Lipinski definition) is 6. The summed E-state index contributed by atoms with van der Waals surface area (Å²) in [6, 6.07) is 3.01. The summed E-state index contributed by atoms with van der Waals surface area (Å²) in [7, 11) is 1.34. The summed E-state index contributed by atoms with van der Waals surface area (Å²) < 4.78 is 16.2. The number of hydrogen-bond donors (Lipinski definition) is 0. The van der Waals surface area contributed by atoms with Crippen LogP contribution in [0.4, 0.5) is 0 Å². The van der Waals surface area contributed by atoms with Crippen LogP contribution in [-0.2, 0) is 14.2 Å². The Morgan fingerprint density at radius 2 is 1.91 bits per heavy atom. The first kappa shape index (κ1) is 14.1. The van der Waals surface area contributed by atoms with Crippen molar-refractivity contribution in [2.24, 2.45) is 0 Å². The lowest BCUT2D eigenvalue weighted by atomic mass is 9.85. The molecule has 3 aliphatic rings. The predicted octanol–water partition coefficient (Wildman–Crippen LogP) is 1.98. The molecule has 1 fully saturated rings. The molecular weight excluding hydrogens is 300 g/mol. The van der Waals surface area contributed by atoms with Crippen LogP contribution in [-0.4, -0.2) is 36.9 Å². The minimum atomic E-state index is -0.483. The molecule has 0 spiro atoms. The minimum absolute atomic E-state index is 0.00176. The Hall–Kier alpha value is -2.47. The number of rotatable bonds is 1. The van der Waals surface area contributed by atoms with Crippen molar-refractivity contribution in [2.75, 3.05) is 7.11 Å². The molecule has 0 amide bonds. The predicted molar refractivity (Wildman–Crippen MR) is 77.3 cm³/mol. The number of benzene rings is 1. The van der Waals surface area contributed by atoms with E-state index in [2.05, 4.69) is 0 Å². The highest BCUT2D eigenvalue weighted by Crippen LogP contribution is 2.42. The van der Waals surface area contributed by atoms with Gasteiger partial charge in [-0.1, -0.05) is 0 Å². The minimum Gasteiger partial charge on any atom is -0.492 e. The number of methoxy groups -OCH3 is 1. The van der Waals surface area contributed by atoms with E-state index in [0.717, 1.165) is 6.08 Å². The maximum absolute atomic E-state index is 12.4. The van der Waals surface area contributed by atoms with Gasteiger partial charge in [-0.25, -0.2) is 4.79 Å². The molecule has 23 heavy (non-hydrogen) atoms. The SMILES string of the molecule is COC1=CC(=O)c2cc3c(cc2C1=O)[C@@H]1O[C@@H](C)C[C@@H]1OC3=O. The zero-order chi connectivity index (χ0) is 16.3. The van der Waals surface area contributed by atoms with Crippen LogP contribution in [0, 0.1) is 0 Å². The summed E-state index contributed by atoms with van der Waals surface area (Å²) in [5.74, 6) is -1.22. The zero-order valence-corrected chi connectivity index (χ0v) is 12.6. The maximum atomic E-state index is 12.4. The highest BCUT2D eigenvalue weighted by Gasteiger charge is 2.44. The second-order valence-corrected chi connectivity index (χ2v) is 5.94. The smallest absolute Gasteiger partial charge is 0.338 e. The first-order chi connectivity index (χ1) is 11.0. The summed E-state index contributed by atoms with van der Waals surface area (Å²) >= 11 is 0. The summed E-state index contributed by atoms with van der Waals surface area (Å²) in [4.78, 5) is 36.8. The Morgan fingerprint density at radius 3 is 2.65 bits per heavy atom. The van der Waals surface area contributed by atoms with Crippen LogP contribution in [0.25, 0.3) is 0 Å². The average molecular weight is 314 g/mol. The van der Waals surface area contributed by atoms with E-state index in [9.17, 15) is 14.4 Å². The number of ether oxygens (including phenoxy) is 3. The van der Waals surface area contributed by atoms with E-state index in [1.165, 1.54) is 13.2 Å². The number of fused-ring (bicyclic) bond motifs is 4. The summed E-state index contributed by atoms with van der Waals surface area (Å²) in [5, 5.41) is 0. The lowest BCUT2D eigenvalue weighted by molar-refractivity contribution is -0.0192. The van der Waals surface area contributed by atoms with Crippen LogP contribution in [0.2, 0.25) is 0 Å². The highest BCUT2D eigenvalue weighted by atomic mass is 16.6. The maximum Gasteiger partial charge on any atom is 0.338 e. The van der Waals surface area contributed by atoms with Gasteiger partial charge in [0.25, 0.3) is 0 Å². The summed E-state index contributed by atoms with van der Waals surface area (Å²) in [5.41, 5.74) is 1.32. The van der Waals surface area contributed by atoms with Crippen LogP contribution in [0.3, 0.4) is 0 Å². The van der Waals surface area contributed by atoms with E-state index in [1.54, 1.807) is 6.07 Å². The van der Waals surface area contributed by atoms with Crippen LogP contribution in [0.1, 0.15) is 56.1 Å². The van der Waals surface area contributed by atoms with Crippen LogP contribution >= 0.6 is 0 Å². The van der Waals surface area contributed by atoms with Gasteiger partial charge in [0.05, 0.1) is 18.8 Å². The topological polar surface area (TPSA) is 78.9 Å². The molecule has 6 nitrogen and oxygen atoms in total. The third-order valence-corrected chi connectivity index (χ3v) is 4.47. The van der Waals surface area contributed by atoms with Crippen LogP contribution in [0.5, 0.6) is 0 Å². The van der Waals surface area contributed by atoms with Crippen molar-refractivity contribution in [2.45, 2.75) is 31.7 Å². The summed E-state index contributed by atoms with van der Waals surface area (Å²) in [6.45, 7) is 1.91. The molecule has 0 aromatic heterocycles. The Morgan fingerprint density at radius 1 is 1.13 bits per heavy atom.